The molecule has 176 valence electrons. The van der Waals surface area contributed by atoms with Crippen molar-refractivity contribution in [3.8, 4) is 17.2 Å². The number of imidazole rings is 1. The van der Waals surface area contributed by atoms with Crippen LogP contribution in [-0.4, -0.2) is 23.3 Å². The van der Waals surface area contributed by atoms with Gasteiger partial charge in [-0.05, 0) is 73.9 Å². The highest BCUT2D eigenvalue weighted by Gasteiger charge is 2.18. The number of benzene rings is 3. The highest BCUT2D eigenvalue weighted by atomic mass is 35.5. The molecule has 0 fully saturated rings. The zero-order valence-electron chi connectivity index (χ0n) is 19.5. The number of fused-ring (bicyclic) bond motifs is 1. The monoisotopic (exact) mass is 476 g/mol. The maximum absolute atomic E-state index is 6.17. The van der Waals surface area contributed by atoms with Crippen LogP contribution in [0.2, 0.25) is 5.02 Å². The normalized spacial score (nSPS) is 11.9. The predicted molar refractivity (Wildman–Crippen MR) is 137 cm³/mol. The van der Waals surface area contributed by atoms with E-state index in [0.717, 1.165) is 59.1 Å². The van der Waals surface area contributed by atoms with Crippen molar-refractivity contribution in [2.45, 2.75) is 32.4 Å². The van der Waals surface area contributed by atoms with Crippen LogP contribution in [0.3, 0.4) is 0 Å². The molecule has 0 N–H and O–H groups in total. The van der Waals surface area contributed by atoms with Crippen molar-refractivity contribution in [2.24, 2.45) is 0 Å². The van der Waals surface area contributed by atoms with E-state index in [1.807, 2.05) is 73.7 Å². The lowest BCUT2D eigenvalue weighted by atomic mass is 10.1. The number of rotatable bonds is 11. The Morgan fingerprint density at radius 2 is 1.85 bits per heavy atom. The van der Waals surface area contributed by atoms with Crippen molar-refractivity contribution in [1.29, 1.82) is 0 Å². The fourth-order valence-corrected chi connectivity index (χ4v) is 4.07. The van der Waals surface area contributed by atoms with Gasteiger partial charge < -0.3 is 18.8 Å². The average Bonchev–Trinajstić information content (AvgIpc) is 3.23. The molecular weight excluding hydrogens is 448 g/mol. The van der Waals surface area contributed by atoms with Crippen molar-refractivity contribution in [1.82, 2.24) is 9.55 Å². The summed E-state index contributed by atoms with van der Waals surface area (Å²) in [7, 11) is 1.66. The van der Waals surface area contributed by atoms with E-state index in [-0.39, 0.29) is 6.10 Å². The lowest BCUT2D eigenvalue weighted by Gasteiger charge is -2.17. The van der Waals surface area contributed by atoms with Gasteiger partial charge in [-0.3, -0.25) is 0 Å². The van der Waals surface area contributed by atoms with Gasteiger partial charge >= 0.3 is 0 Å². The lowest BCUT2D eigenvalue weighted by molar-refractivity contribution is 0.209. The number of aromatic nitrogens is 2. The van der Waals surface area contributed by atoms with Crippen LogP contribution in [0.25, 0.3) is 11.0 Å². The van der Waals surface area contributed by atoms with E-state index in [0.29, 0.717) is 11.6 Å². The Bertz CT molecular complexity index is 1250. The van der Waals surface area contributed by atoms with E-state index in [9.17, 15) is 0 Å². The molecule has 5 nitrogen and oxygen atoms in total. The number of halogens is 1. The van der Waals surface area contributed by atoms with Crippen LogP contribution in [0, 0.1) is 0 Å². The number of allylic oxidation sites excluding steroid dienone is 1. The second-order valence-electron chi connectivity index (χ2n) is 8.00. The smallest absolute Gasteiger partial charge is 0.161 e. The minimum Gasteiger partial charge on any atom is -0.493 e. The Balaban J connectivity index is 1.46. The molecule has 6 heteroatoms. The highest BCUT2D eigenvalue weighted by Crippen LogP contribution is 2.29. The van der Waals surface area contributed by atoms with Crippen molar-refractivity contribution < 1.29 is 14.2 Å². The van der Waals surface area contributed by atoms with Gasteiger partial charge in [-0.2, -0.15) is 0 Å². The van der Waals surface area contributed by atoms with E-state index in [4.69, 9.17) is 30.8 Å². The molecule has 3 aromatic carbocycles. The van der Waals surface area contributed by atoms with Crippen LogP contribution < -0.4 is 14.2 Å². The van der Waals surface area contributed by atoms with Gasteiger partial charge in [-0.15, -0.1) is 6.58 Å². The van der Waals surface area contributed by atoms with Gasteiger partial charge in [0.15, 0.2) is 23.4 Å². The fraction of sp³-hybridized carbons (Fsp3) is 0.250. The third-order valence-corrected chi connectivity index (χ3v) is 5.82. The Hall–Kier alpha value is -3.44. The van der Waals surface area contributed by atoms with Crippen molar-refractivity contribution in [3.63, 3.8) is 0 Å². The maximum Gasteiger partial charge on any atom is 0.161 e. The zero-order valence-corrected chi connectivity index (χ0v) is 20.3. The number of hydrogen-bond donors (Lipinski definition) is 0. The first-order valence-corrected chi connectivity index (χ1v) is 11.7. The van der Waals surface area contributed by atoms with Crippen LogP contribution >= 0.6 is 11.6 Å². The molecule has 1 atom stereocenters. The molecule has 4 aromatic rings. The molecule has 34 heavy (non-hydrogen) atoms. The Morgan fingerprint density at radius 3 is 2.62 bits per heavy atom. The van der Waals surface area contributed by atoms with Crippen LogP contribution in [0.4, 0.5) is 0 Å². The molecule has 0 bridgehead atoms. The molecule has 1 unspecified atom stereocenters. The maximum atomic E-state index is 6.17. The van der Waals surface area contributed by atoms with Gasteiger partial charge in [-0.25, -0.2) is 4.98 Å². The molecule has 0 aliphatic heterocycles. The molecule has 0 aliphatic rings. The number of ether oxygens (including phenoxy) is 3. The van der Waals surface area contributed by atoms with Crippen LogP contribution in [-0.2, 0) is 13.0 Å². The largest absolute Gasteiger partial charge is 0.493 e. The van der Waals surface area contributed by atoms with Gasteiger partial charge in [-0.1, -0.05) is 35.9 Å². The number of methoxy groups -OCH3 is 1. The average molecular weight is 477 g/mol. The molecule has 1 aromatic heterocycles. The van der Waals surface area contributed by atoms with Crippen molar-refractivity contribution in [3.05, 3.63) is 95.8 Å². The fourth-order valence-electron chi connectivity index (χ4n) is 3.94. The first-order chi connectivity index (χ1) is 16.6. The van der Waals surface area contributed by atoms with Crippen LogP contribution in [0.5, 0.6) is 17.2 Å². The summed E-state index contributed by atoms with van der Waals surface area (Å²) in [6.45, 7) is 7.11. The second-order valence-corrected chi connectivity index (χ2v) is 8.44. The second kappa shape index (κ2) is 11.1. The van der Waals surface area contributed by atoms with Crippen molar-refractivity contribution in [2.75, 3.05) is 13.7 Å². The summed E-state index contributed by atoms with van der Waals surface area (Å²) in [4.78, 5) is 4.86. The number of aryl methyl sites for hydroxylation is 1. The van der Waals surface area contributed by atoms with Gasteiger partial charge in [0.05, 0.1) is 24.8 Å². The van der Waals surface area contributed by atoms with E-state index >= 15 is 0 Å². The van der Waals surface area contributed by atoms with Gasteiger partial charge in [0.25, 0.3) is 0 Å². The molecule has 0 aliphatic carbocycles. The SMILES string of the molecule is C=CCc1ccc(OCCCn2c(C(C)Oc3ccc(Cl)cc3)nc3ccccc32)c(OC)c1. The summed E-state index contributed by atoms with van der Waals surface area (Å²) >= 11 is 6.00. The van der Waals surface area contributed by atoms with Crippen LogP contribution in [0.1, 0.15) is 30.8 Å². The summed E-state index contributed by atoms with van der Waals surface area (Å²) in [6.07, 6.45) is 3.24. The Morgan fingerprint density at radius 1 is 1.06 bits per heavy atom. The molecule has 0 spiro atoms. The Labute approximate surface area is 205 Å². The molecule has 1 heterocycles. The third-order valence-electron chi connectivity index (χ3n) is 5.57. The molecule has 0 radical (unpaired) electrons. The topological polar surface area (TPSA) is 45.5 Å². The number of hydrogen-bond acceptors (Lipinski definition) is 4. The van der Waals surface area contributed by atoms with Crippen LogP contribution in [0.15, 0.2) is 79.4 Å². The minimum atomic E-state index is -0.230. The van der Waals surface area contributed by atoms with E-state index in [1.165, 1.54) is 0 Å². The summed E-state index contributed by atoms with van der Waals surface area (Å²) in [5, 5.41) is 0.680. The number of para-hydroxylation sites is 2. The molecule has 0 saturated heterocycles. The Kier molecular flexibility index (Phi) is 7.76. The summed E-state index contributed by atoms with van der Waals surface area (Å²) in [6, 6.07) is 21.5. The molecule has 0 amide bonds. The summed E-state index contributed by atoms with van der Waals surface area (Å²) in [5.41, 5.74) is 3.17. The van der Waals surface area contributed by atoms with Gasteiger partial charge in [0.1, 0.15) is 5.75 Å². The quantitative estimate of drug-likeness (QED) is 0.172. The van der Waals surface area contributed by atoms with E-state index < -0.39 is 0 Å². The van der Waals surface area contributed by atoms with E-state index in [1.54, 1.807) is 7.11 Å². The lowest BCUT2D eigenvalue weighted by Crippen LogP contribution is -2.13. The first kappa shape index (κ1) is 23.7. The predicted octanol–water partition coefficient (Wildman–Crippen LogP) is 7.04. The number of nitrogens with zero attached hydrogens (tertiary/aromatic N) is 2. The highest BCUT2D eigenvalue weighted by molar-refractivity contribution is 6.30. The molecule has 0 saturated carbocycles. The first-order valence-electron chi connectivity index (χ1n) is 11.4. The van der Waals surface area contributed by atoms with E-state index in [2.05, 4.69) is 17.2 Å². The molecular formula is C28H29ClN2O3. The van der Waals surface area contributed by atoms with Crippen molar-refractivity contribution >= 4 is 22.6 Å². The van der Waals surface area contributed by atoms with Gasteiger partial charge in [0.2, 0.25) is 0 Å². The minimum absolute atomic E-state index is 0.230. The molecule has 4 rings (SSSR count). The van der Waals surface area contributed by atoms with Gasteiger partial charge in [0, 0.05) is 11.6 Å². The summed E-state index contributed by atoms with van der Waals surface area (Å²) in [5.74, 6) is 3.11. The standard InChI is InChI=1S/C28H29ClN2O3/c1-4-8-21-11-16-26(27(19-21)32-3)33-18-7-17-31-25-10-6-5-9-24(25)30-28(31)20(2)34-23-14-12-22(29)13-15-23/h4-6,9-16,19-20H,1,7-8,17-18H2,2-3H3. The zero-order chi connectivity index (χ0) is 23.9. The summed E-state index contributed by atoms with van der Waals surface area (Å²) < 4.78 is 19.9. The third kappa shape index (κ3) is 5.54.